The van der Waals surface area contributed by atoms with E-state index < -0.39 is 0 Å². The van der Waals surface area contributed by atoms with Gasteiger partial charge in [0.2, 0.25) is 0 Å². The van der Waals surface area contributed by atoms with E-state index >= 15 is 0 Å². The van der Waals surface area contributed by atoms with Gasteiger partial charge in [0.25, 0.3) is 0 Å². The lowest BCUT2D eigenvalue weighted by Gasteiger charge is -2.33. The fourth-order valence-corrected chi connectivity index (χ4v) is 3.20. The highest BCUT2D eigenvalue weighted by molar-refractivity contribution is 5.25. The minimum absolute atomic E-state index is 0.194. The quantitative estimate of drug-likeness (QED) is 0.868. The molecule has 0 saturated carbocycles. The maximum Gasteiger partial charge on any atom is 0.0503 e. The highest BCUT2D eigenvalue weighted by atomic mass is 16.5. The van der Waals surface area contributed by atoms with E-state index in [-0.39, 0.29) is 6.04 Å². The summed E-state index contributed by atoms with van der Waals surface area (Å²) in [7, 11) is 1.79. The van der Waals surface area contributed by atoms with Gasteiger partial charge in [-0.1, -0.05) is 36.8 Å². The Kier molecular flexibility index (Phi) is 5.58. The first-order valence-corrected chi connectivity index (χ1v) is 7.70. The Bertz CT molecular complexity index is 404. The topological polar surface area (TPSA) is 38.5 Å². The predicted octanol–water partition coefficient (Wildman–Crippen LogP) is 2.74. The molecule has 1 heterocycles. The third kappa shape index (κ3) is 3.60. The minimum atomic E-state index is 0.194. The fraction of sp³-hybridized carbons (Fsp3) is 0.647. The zero-order valence-electron chi connectivity index (χ0n) is 13.0. The highest BCUT2D eigenvalue weighted by Gasteiger charge is 2.31. The summed E-state index contributed by atoms with van der Waals surface area (Å²) in [6.45, 7) is 7.39. The lowest BCUT2D eigenvalue weighted by molar-refractivity contribution is 0.142. The van der Waals surface area contributed by atoms with Crippen LogP contribution in [0.4, 0.5) is 0 Å². The molecule has 0 bridgehead atoms. The smallest absolute Gasteiger partial charge is 0.0503 e. The van der Waals surface area contributed by atoms with Crippen molar-refractivity contribution in [2.45, 2.75) is 38.8 Å². The number of ether oxygens (including phenoxy) is 1. The second-order valence-corrected chi connectivity index (χ2v) is 6.03. The zero-order valence-corrected chi connectivity index (χ0v) is 13.0. The van der Waals surface area contributed by atoms with Crippen LogP contribution in [0.25, 0.3) is 0 Å². The monoisotopic (exact) mass is 276 g/mol. The normalized spacial score (nSPS) is 22.9. The van der Waals surface area contributed by atoms with Crippen molar-refractivity contribution in [1.29, 1.82) is 0 Å². The molecule has 1 aromatic rings. The molecule has 2 rings (SSSR count). The average molecular weight is 276 g/mol. The van der Waals surface area contributed by atoms with E-state index in [1.807, 2.05) is 0 Å². The first-order chi connectivity index (χ1) is 9.65. The lowest BCUT2D eigenvalue weighted by Crippen LogP contribution is -2.40. The summed E-state index contributed by atoms with van der Waals surface area (Å²) in [5.41, 5.74) is 9.07. The van der Waals surface area contributed by atoms with Crippen LogP contribution in [0.5, 0.6) is 0 Å². The van der Waals surface area contributed by atoms with Gasteiger partial charge in [0.15, 0.2) is 0 Å². The number of nitrogens with zero attached hydrogens (tertiary/aromatic N) is 1. The molecule has 0 amide bonds. The molecular formula is C17H28N2O. The summed E-state index contributed by atoms with van der Waals surface area (Å²) in [6.07, 6.45) is 2.22. The molecule has 1 aliphatic rings. The standard InChI is InChI=1S/C17H28N2O/c1-4-16(18)17(15-7-5-13(2)6-8-15)19-10-9-14(11-19)12-20-3/h5-8,14,16-17H,4,9-12,18H2,1-3H3. The molecule has 3 unspecified atom stereocenters. The molecule has 1 aliphatic heterocycles. The van der Waals surface area contributed by atoms with Crippen molar-refractivity contribution in [3.8, 4) is 0 Å². The average Bonchev–Trinajstić information content (AvgIpc) is 2.90. The van der Waals surface area contributed by atoms with E-state index in [9.17, 15) is 0 Å². The molecule has 2 N–H and O–H groups in total. The van der Waals surface area contributed by atoms with Gasteiger partial charge in [-0.2, -0.15) is 0 Å². The van der Waals surface area contributed by atoms with E-state index in [1.54, 1.807) is 7.11 Å². The number of hydrogen-bond donors (Lipinski definition) is 1. The predicted molar refractivity (Wildman–Crippen MR) is 83.7 cm³/mol. The van der Waals surface area contributed by atoms with Crippen molar-refractivity contribution in [3.05, 3.63) is 35.4 Å². The van der Waals surface area contributed by atoms with Crippen LogP contribution in [0.2, 0.25) is 0 Å². The molecule has 3 heteroatoms. The molecule has 3 atom stereocenters. The van der Waals surface area contributed by atoms with E-state index in [0.29, 0.717) is 12.0 Å². The molecule has 0 spiro atoms. The summed E-state index contributed by atoms with van der Waals surface area (Å²) in [6, 6.07) is 9.38. The first-order valence-electron chi connectivity index (χ1n) is 7.70. The number of rotatable bonds is 6. The van der Waals surface area contributed by atoms with Crippen LogP contribution in [0, 0.1) is 12.8 Å². The van der Waals surface area contributed by atoms with Crippen LogP contribution in [0.1, 0.15) is 36.9 Å². The maximum absolute atomic E-state index is 6.41. The second-order valence-electron chi connectivity index (χ2n) is 6.03. The largest absolute Gasteiger partial charge is 0.384 e. The van der Waals surface area contributed by atoms with E-state index in [1.165, 1.54) is 17.5 Å². The van der Waals surface area contributed by atoms with Crippen LogP contribution in [0.15, 0.2) is 24.3 Å². The number of nitrogens with two attached hydrogens (primary N) is 1. The van der Waals surface area contributed by atoms with E-state index in [0.717, 1.165) is 26.1 Å². The molecule has 0 aromatic heterocycles. The van der Waals surface area contributed by atoms with Crippen molar-refractivity contribution >= 4 is 0 Å². The number of hydrogen-bond acceptors (Lipinski definition) is 3. The molecule has 20 heavy (non-hydrogen) atoms. The van der Waals surface area contributed by atoms with Gasteiger partial charge in [0, 0.05) is 25.7 Å². The number of methoxy groups -OCH3 is 1. The Balaban J connectivity index is 2.14. The number of likely N-dealkylation sites (tertiary alicyclic amines) is 1. The van der Waals surface area contributed by atoms with Crippen molar-refractivity contribution < 1.29 is 4.74 Å². The molecule has 0 aliphatic carbocycles. The molecule has 1 fully saturated rings. The van der Waals surface area contributed by atoms with Gasteiger partial charge in [0.05, 0.1) is 6.61 Å². The minimum Gasteiger partial charge on any atom is -0.384 e. The Hall–Kier alpha value is -0.900. The third-order valence-electron chi connectivity index (χ3n) is 4.41. The molecule has 112 valence electrons. The van der Waals surface area contributed by atoms with Gasteiger partial charge in [-0.05, 0) is 37.8 Å². The maximum atomic E-state index is 6.41. The van der Waals surface area contributed by atoms with Gasteiger partial charge in [0.1, 0.15) is 0 Å². The van der Waals surface area contributed by atoms with Crippen molar-refractivity contribution in [2.75, 3.05) is 26.8 Å². The van der Waals surface area contributed by atoms with E-state index in [4.69, 9.17) is 10.5 Å². The van der Waals surface area contributed by atoms with Gasteiger partial charge in [-0.25, -0.2) is 0 Å². The summed E-state index contributed by atoms with van der Waals surface area (Å²) in [5, 5.41) is 0. The van der Waals surface area contributed by atoms with Crippen LogP contribution < -0.4 is 5.73 Å². The molecule has 3 nitrogen and oxygen atoms in total. The Morgan fingerprint density at radius 3 is 2.65 bits per heavy atom. The third-order valence-corrected chi connectivity index (χ3v) is 4.41. The Morgan fingerprint density at radius 2 is 2.05 bits per heavy atom. The van der Waals surface area contributed by atoms with Crippen LogP contribution in [-0.2, 0) is 4.74 Å². The fourth-order valence-electron chi connectivity index (χ4n) is 3.20. The highest BCUT2D eigenvalue weighted by Crippen LogP contribution is 2.31. The number of aryl methyl sites for hydroxylation is 1. The van der Waals surface area contributed by atoms with Crippen molar-refractivity contribution in [1.82, 2.24) is 4.90 Å². The Morgan fingerprint density at radius 1 is 1.35 bits per heavy atom. The van der Waals surface area contributed by atoms with Gasteiger partial charge < -0.3 is 10.5 Å². The first kappa shape index (κ1) is 15.5. The van der Waals surface area contributed by atoms with Gasteiger partial charge in [-0.15, -0.1) is 0 Å². The van der Waals surface area contributed by atoms with Crippen molar-refractivity contribution in [3.63, 3.8) is 0 Å². The van der Waals surface area contributed by atoms with Crippen molar-refractivity contribution in [2.24, 2.45) is 11.7 Å². The van der Waals surface area contributed by atoms with Crippen LogP contribution in [0.3, 0.4) is 0 Å². The van der Waals surface area contributed by atoms with Gasteiger partial charge in [-0.3, -0.25) is 4.90 Å². The molecule has 1 saturated heterocycles. The number of benzene rings is 1. The van der Waals surface area contributed by atoms with Crippen LogP contribution in [-0.4, -0.2) is 37.7 Å². The van der Waals surface area contributed by atoms with Gasteiger partial charge >= 0.3 is 0 Å². The SMILES string of the molecule is CCC(N)C(c1ccc(C)cc1)N1CCC(COC)C1. The summed E-state index contributed by atoms with van der Waals surface area (Å²) in [5.74, 6) is 0.650. The van der Waals surface area contributed by atoms with E-state index in [2.05, 4.69) is 43.0 Å². The summed E-state index contributed by atoms with van der Waals surface area (Å²) < 4.78 is 5.30. The summed E-state index contributed by atoms with van der Waals surface area (Å²) >= 11 is 0. The Labute approximate surface area is 123 Å². The molecular weight excluding hydrogens is 248 g/mol. The lowest BCUT2D eigenvalue weighted by atomic mass is 9.96. The summed E-state index contributed by atoms with van der Waals surface area (Å²) in [4.78, 5) is 2.54. The van der Waals surface area contributed by atoms with Crippen LogP contribution >= 0.6 is 0 Å². The zero-order chi connectivity index (χ0) is 14.5. The molecule has 0 radical (unpaired) electrons. The second kappa shape index (κ2) is 7.21. The molecule has 1 aromatic carbocycles.